The summed E-state index contributed by atoms with van der Waals surface area (Å²) < 4.78 is 5.89. The van der Waals surface area contributed by atoms with E-state index < -0.39 is 0 Å². The summed E-state index contributed by atoms with van der Waals surface area (Å²) in [7, 11) is 1.84. The largest absolute Gasteiger partial charge is 0.478 e. The summed E-state index contributed by atoms with van der Waals surface area (Å²) >= 11 is 0. The van der Waals surface area contributed by atoms with Gasteiger partial charge in [-0.15, -0.1) is 0 Å². The van der Waals surface area contributed by atoms with Gasteiger partial charge in [-0.05, 0) is 49.4 Å². The first-order valence-corrected chi connectivity index (χ1v) is 7.87. The van der Waals surface area contributed by atoms with Crippen molar-refractivity contribution >= 4 is 11.6 Å². The lowest BCUT2D eigenvalue weighted by Crippen LogP contribution is -2.46. The summed E-state index contributed by atoms with van der Waals surface area (Å²) in [4.78, 5) is 14.1. The molecule has 0 radical (unpaired) electrons. The molecule has 0 saturated carbocycles. The van der Waals surface area contributed by atoms with Crippen molar-refractivity contribution in [2.24, 2.45) is 5.92 Å². The molecule has 1 amide bonds. The number of benzene rings is 1. The van der Waals surface area contributed by atoms with Crippen LogP contribution in [0.2, 0.25) is 0 Å². The van der Waals surface area contributed by atoms with Crippen molar-refractivity contribution in [1.82, 2.24) is 5.32 Å². The molecule has 114 valence electrons. The molecule has 21 heavy (non-hydrogen) atoms. The lowest BCUT2D eigenvalue weighted by molar-refractivity contribution is -0.127. The minimum absolute atomic E-state index is 0.0497. The van der Waals surface area contributed by atoms with Gasteiger partial charge >= 0.3 is 0 Å². The summed E-state index contributed by atoms with van der Waals surface area (Å²) in [5.41, 5.74) is 2.16. The fourth-order valence-electron chi connectivity index (χ4n) is 3.19. The van der Waals surface area contributed by atoms with Crippen molar-refractivity contribution in [1.29, 1.82) is 0 Å². The van der Waals surface area contributed by atoms with E-state index in [0.717, 1.165) is 24.4 Å². The predicted molar refractivity (Wildman–Crippen MR) is 83.8 cm³/mol. The Morgan fingerprint density at radius 3 is 2.90 bits per heavy atom. The van der Waals surface area contributed by atoms with Crippen molar-refractivity contribution in [3.8, 4) is 5.75 Å². The van der Waals surface area contributed by atoms with Crippen LogP contribution in [0.15, 0.2) is 18.2 Å². The molecule has 4 nitrogen and oxygen atoms in total. The van der Waals surface area contributed by atoms with Crippen molar-refractivity contribution in [2.45, 2.75) is 45.3 Å². The van der Waals surface area contributed by atoms with Gasteiger partial charge in [0.15, 0.2) is 6.10 Å². The van der Waals surface area contributed by atoms with Crippen LogP contribution in [0.3, 0.4) is 0 Å². The number of nitrogens with one attached hydrogen (secondary N) is 1. The van der Waals surface area contributed by atoms with E-state index in [1.807, 2.05) is 27.0 Å². The minimum Gasteiger partial charge on any atom is -0.478 e. The SMILES string of the molecule is CC(C)C1Oc2ccc(CC3CCCN3)cc2N(C)C1=O. The van der Waals surface area contributed by atoms with Gasteiger partial charge in [-0.25, -0.2) is 0 Å². The van der Waals surface area contributed by atoms with Gasteiger partial charge in [-0.1, -0.05) is 19.9 Å². The monoisotopic (exact) mass is 288 g/mol. The van der Waals surface area contributed by atoms with E-state index in [1.165, 1.54) is 18.4 Å². The number of ether oxygens (including phenoxy) is 1. The normalized spacial score (nSPS) is 25.1. The lowest BCUT2D eigenvalue weighted by atomic mass is 10.0. The first kappa shape index (κ1) is 14.4. The maximum absolute atomic E-state index is 12.4. The highest BCUT2D eigenvalue weighted by atomic mass is 16.5. The summed E-state index contributed by atoms with van der Waals surface area (Å²) in [6, 6.07) is 6.80. The second kappa shape index (κ2) is 5.68. The molecule has 1 aromatic rings. The second-order valence-corrected chi connectivity index (χ2v) is 6.48. The van der Waals surface area contributed by atoms with E-state index >= 15 is 0 Å². The quantitative estimate of drug-likeness (QED) is 0.928. The fourth-order valence-corrected chi connectivity index (χ4v) is 3.19. The van der Waals surface area contributed by atoms with E-state index in [2.05, 4.69) is 17.4 Å². The Hall–Kier alpha value is -1.55. The molecule has 1 N–H and O–H groups in total. The Balaban J connectivity index is 1.83. The highest BCUT2D eigenvalue weighted by Gasteiger charge is 2.34. The third-order valence-corrected chi connectivity index (χ3v) is 4.46. The molecular weight excluding hydrogens is 264 g/mol. The molecule has 2 atom stereocenters. The maximum Gasteiger partial charge on any atom is 0.268 e. The first-order valence-electron chi connectivity index (χ1n) is 7.87. The van der Waals surface area contributed by atoms with E-state index in [0.29, 0.717) is 6.04 Å². The molecule has 2 aliphatic heterocycles. The molecule has 3 rings (SSSR count). The summed E-state index contributed by atoms with van der Waals surface area (Å²) in [5, 5.41) is 3.52. The van der Waals surface area contributed by atoms with Crippen LogP contribution in [0.25, 0.3) is 0 Å². The van der Waals surface area contributed by atoms with Crippen molar-refractivity contribution in [3.05, 3.63) is 23.8 Å². The van der Waals surface area contributed by atoms with E-state index in [9.17, 15) is 4.79 Å². The molecule has 0 aliphatic carbocycles. The Labute approximate surface area is 126 Å². The van der Waals surface area contributed by atoms with Crippen LogP contribution in [0.5, 0.6) is 5.75 Å². The Morgan fingerprint density at radius 1 is 1.43 bits per heavy atom. The summed E-state index contributed by atoms with van der Waals surface area (Å²) in [6.45, 7) is 5.15. The molecule has 0 spiro atoms. The summed E-state index contributed by atoms with van der Waals surface area (Å²) in [6.07, 6.45) is 3.14. The molecule has 1 aromatic carbocycles. The van der Waals surface area contributed by atoms with Crippen LogP contribution in [-0.4, -0.2) is 31.6 Å². The molecule has 0 bridgehead atoms. The molecule has 1 fully saturated rings. The van der Waals surface area contributed by atoms with Gasteiger partial charge in [-0.2, -0.15) is 0 Å². The predicted octanol–water partition coefficient (Wildman–Crippen LogP) is 2.36. The maximum atomic E-state index is 12.4. The molecule has 4 heteroatoms. The number of nitrogens with zero attached hydrogens (tertiary/aromatic N) is 1. The number of fused-ring (bicyclic) bond motifs is 1. The molecular formula is C17H24N2O2. The van der Waals surface area contributed by atoms with Crippen LogP contribution in [0, 0.1) is 5.92 Å². The van der Waals surface area contributed by atoms with Gasteiger partial charge < -0.3 is 15.0 Å². The number of likely N-dealkylation sites (N-methyl/N-ethyl adjacent to an activating group) is 1. The van der Waals surface area contributed by atoms with E-state index in [4.69, 9.17) is 4.74 Å². The number of carbonyl (C=O) groups is 1. The van der Waals surface area contributed by atoms with E-state index in [1.54, 1.807) is 4.90 Å². The smallest absolute Gasteiger partial charge is 0.268 e. The van der Waals surface area contributed by atoms with Crippen LogP contribution in [0.4, 0.5) is 5.69 Å². The van der Waals surface area contributed by atoms with Gasteiger partial charge in [0.2, 0.25) is 0 Å². The van der Waals surface area contributed by atoms with Crippen LogP contribution in [-0.2, 0) is 11.2 Å². The first-order chi connectivity index (χ1) is 10.1. The van der Waals surface area contributed by atoms with Gasteiger partial charge in [0.05, 0.1) is 5.69 Å². The van der Waals surface area contributed by atoms with Gasteiger partial charge in [0.1, 0.15) is 5.75 Å². The number of hydrogen-bond acceptors (Lipinski definition) is 3. The Bertz CT molecular complexity index is 536. The highest BCUT2D eigenvalue weighted by molar-refractivity contribution is 5.99. The second-order valence-electron chi connectivity index (χ2n) is 6.48. The third kappa shape index (κ3) is 2.77. The Morgan fingerprint density at radius 2 is 2.24 bits per heavy atom. The number of rotatable bonds is 3. The fraction of sp³-hybridized carbons (Fsp3) is 0.588. The zero-order chi connectivity index (χ0) is 15.0. The number of hydrogen-bond donors (Lipinski definition) is 1. The summed E-state index contributed by atoms with van der Waals surface area (Å²) in [5.74, 6) is 1.04. The van der Waals surface area contributed by atoms with Gasteiger partial charge in [0.25, 0.3) is 5.91 Å². The molecule has 2 aliphatic rings. The highest BCUT2D eigenvalue weighted by Crippen LogP contribution is 2.36. The van der Waals surface area contributed by atoms with Crippen molar-refractivity contribution in [2.75, 3.05) is 18.5 Å². The van der Waals surface area contributed by atoms with Gasteiger partial charge in [0, 0.05) is 13.1 Å². The Kier molecular flexibility index (Phi) is 3.89. The van der Waals surface area contributed by atoms with Crippen LogP contribution < -0.4 is 15.0 Å². The van der Waals surface area contributed by atoms with Crippen molar-refractivity contribution in [3.63, 3.8) is 0 Å². The average molecular weight is 288 g/mol. The number of anilines is 1. The van der Waals surface area contributed by atoms with E-state index in [-0.39, 0.29) is 17.9 Å². The minimum atomic E-state index is -0.371. The van der Waals surface area contributed by atoms with Crippen LogP contribution in [0.1, 0.15) is 32.3 Å². The molecule has 0 aromatic heterocycles. The topological polar surface area (TPSA) is 41.6 Å². The van der Waals surface area contributed by atoms with Crippen molar-refractivity contribution < 1.29 is 9.53 Å². The van der Waals surface area contributed by atoms with Gasteiger partial charge in [-0.3, -0.25) is 4.79 Å². The standard InChI is InChI=1S/C17H24N2O2/c1-11(2)16-17(20)19(3)14-10-12(6-7-15(14)21-16)9-13-5-4-8-18-13/h6-7,10-11,13,16,18H,4-5,8-9H2,1-3H3. The number of carbonyl (C=O) groups excluding carboxylic acids is 1. The molecule has 2 unspecified atom stereocenters. The average Bonchev–Trinajstić information content (AvgIpc) is 2.96. The number of amides is 1. The third-order valence-electron chi connectivity index (χ3n) is 4.46. The molecule has 2 heterocycles. The van der Waals surface area contributed by atoms with Crippen LogP contribution >= 0.6 is 0 Å². The zero-order valence-electron chi connectivity index (χ0n) is 13.1. The zero-order valence-corrected chi connectivity index (χ0v) is 13.1. The lowest BCUT2D eigenvalue weighted by Gasteiger charge is -2.34. The molecule has 1 saturated heterocycles.